The first-order chi connectivity index (χ1) is 9.15. The molecule has 1 N–H and O–H groups in total. The van der Waals surface area contributed by atoms with E-state index in [-0.39, 0.29) is 5.91 Å². The summed E-state index contributed by atoms with van der Waals surface area (Å²) in [5.74, 6) is 2.61. The molecule has 19 heavy (non-hydrogen) atoms. The van der Waals surface area contributed by atoms with E-state index in [9.17, 15) is 4.79 Å². The minimum Gasteiger partial charge on any atom is -0.325 e. The Labute approximate surface area is 126 Å². The number of rotatable bonds is 2. The Morgan fingerprint density at radius 2 is 2.05 bits per heavy atom. The van der Waals surface area contributed by atoms with Crippen LogP contribution in [0.3, 0.4) is 0 Å². The van der Waals surface area contributed by atoms with E-state index < -0.39 is 0 Å². The van der Waals surface area contributed by atoms with Gasteiger partial charge in [-0.3, -0.25) is 4.79 Å². The third-order valence-electron chi connectivity index (χ3n) is 4.96. The number of anilines is 1. The largest absolute Gasteiger partial charge is 0.325 e. The van der Waals surface area contributed by atoms with Gasteiger partial charge in [0, 0.05) is 15.5 Å². The molecular formula is C15H15BrClNO. The SMILES string of the molecule is O=C1Cc2cc(C(Br)C3C4CCCC43)c(Cl)cc2N1. The maximum absolute atomic E-state index is 11.4. The molecule has 1 aliphatic heterocycles. The third kappa shape index (κ3) is 1.85. The highest BCUT2D eigenvalue weighted by Crippen LogP contribution is 2.64. The van der Waals surface area contributed by atoms with Crippen LogP contribution in [-0.4, -0.2) is 5.91 Å². The zero-order chi connectivity index (χ0) is 13.1. The summed E-state index contributed by atoms with van der Waals surface area (Å²) in [4.78, 5) is 11.8. The molecule has 4 heteroatoms. The Hall–Kier alpha value is -0.540. The summed E-state index contributed by atoms with van der Waals surface area (Å²) in [7, 11) is 0. The number of halogens is 2. The minimum absolute atomic E-state index is 0.0673. The first-order valence-corrected chi connectivity index (χ1v) is 8.21. The standard InChI is InChI=1S/C15H15BrClNO/c16-15(14-8-2-1-3-9(8)14)10-4-7-5-13(19)18-12(7)6-11(10)17/h4,6,8-9,14-15H,1-3,5H2,(H,18,19). The van der Waals surface area contributed by atoms with Gasteiger partial charge in [0.05, 0.1) is 6.42 Å². The fourth-order valence-electron chi connectivity index (χ4n) is 4.00. The van der Waals surface area contributed by atoms with E-state index in [1.165, 1.54) is 19.3 Å². The monoisotopic (exact) mass is 339 g/mol. The summed E-state index contributed by atoms with van der Waals surface area (Å²) in [6.45, 7) is 0. The number of carbonyl (C=O) groups excluding carboxylic acids is 1. The normalized spacial score (nSPS) is 32.7. The van der Waals surface area contributed by atoms with Gasteiger partial charge in [0.2, 0.25) is 5.91 Å². The lowest BCUT2D eigenvalue weighted by Crippen LogP contribution is -2.03. The molecule has 4 rings (SSSR count). The predicted molar refractivity (Wildman–Crippen MR) is 79.8 cm³/mol. The summed E-state index contributed by atoms with van der Waals surface area (Å²) in [6, 6.07) is 4.02. The van der Waals surface area contributed by atoms with E-state index in [1.54, 1.807) is 0 Å². The molecule has 0 aromatic heterocycles. The lowest BCUT2D eigenvalue weighted by Gasteiger charge is -2.15. The summed E-state index contributed by atoms with van der Waals surface area (Å²) in [6.07, 6.45) is 4.62. The predicted octanol–water partition coefficient (Wildman–Crippen LogP) is 4.32. The van der Waals surface area contributed by atoms with Gasteiger partial charge < -0.3 is 5.32 Å². The van der Waals surface area contributed by atoms with Crippen molar-refractivity contribution in [2.24, 2.45) is 17.8 Å². The topological polar surface area (TPSA) is 29.1 Å². The second-order valence-corrected chi connectivity index (χ2v) is 7.39. The maximum atomic E-state index is 11.4. The van der Waals surface area contributed by atoms with Crippen LogP contribution in [0.2, 0.25) is 5.02 Å². The Morgan fingerprint density at radius 3 is 2.79 bits per heavy atom. The molecule has 3 aliphatic rings. The fourth-order valence-corrected chi connectivity index (χ4v) is 5.57. The van der Waals surface area contributed by atoms with Crippen LogP contribution in [0.15, 0.2) is 12.1 Å². The van der Waals surface area contributed by atoms with Crippen molar-refractivity contribution in [3.63, 3.8) is 0 Å². The third-order valence-corrected chi connectivity index (χ3v) is 6.39. The first kappa shape index (κ1) is 12.2. The lowest BCUT2D eigenvalue weighted by atomic mass is 10.00. The molecule has 0 spiro atoms. The van der Waals surface area contributed by atoms with Crippen LogP contribution in [0.25, 0.3) is 0 Å². The number of carbonyl (C=O) groups is 1. The molecule has 3 atom stereocenters. The van der Waals surface area contributed by atoms with Crippen molar-refractivity contribution >= 4 is 39.1 Å². The van der Waals surface area contributed by atoms with E-state index >= 15 is 0 Å². The number of benzene rings is 1. The van der Waals surface area contributed by atoms with E-state index in [2.05, 4.69) is 27.3 Å². The number of nitrogens with one attached hydrogen (secondary N) is 1. The van der Waals surface area contributed by atoms with Crippen LogP contribution in [0.1, 0.15) is 35.2 Å². The number of hydrogen-bond donors (Lipinski definition) is 1. The van der Waals surface area contributed by atoms with E-state index in [0.29, 0.717) is 11.2 Å². The van der Waals surface area contributed by atoms with Crippen LogP contribution in [0.5, 0.6) is 0 Å². The zero-order valence-corrected chi connectivity index (χ0v) is 12.8. The van der Waals surface area contributed by atoms with Crippen molar-refractivity contribution in [1.82, 2.24) is 0 Å². The van der Waals surface area contributed by atoms with E-state index in [1.807, 2.05) is 6.07 Å². The summed E-state index contributed by atoms with van der Waals surface area (Å²) < 4.78 is 0. The Morgan fingerprint density at radius 1 is 1.32 bits per heavy atom. The average molecular weight is 341 g/mol. The fraction of sp³-hybridized carbons (Fsp3) is 0.533. The molecule has 2 nitrogen and oxygen atoms in total. The van der Waals surface area contributed by atoms with Crippen LogP contribution in [0, 0.1) is 17.8 Å². The van der Waals surface area contributed by atoms with Gasteiger partial charge in [-0.2, -0.15) is 0 Å². The first-order valence-electron chi connectivity index (χ1n) is 6.91. The van der Waals surface area contributed by atoms with Crippen LogP contribution in [-0.2, 0) is 11.2 Å². The summed E-state index contributed by atoms with van der Waals surface area (Å²) in [5.41, 5.74) is 3.13. The molecule has 1 aromatic rings. The molecule has 1 amide bonds. The summed E-state index contributed by atoms with van der Waals surface area (Å²) in [5, 5.41) is 3.62. The van der Waals surface area contributed by atoms with Crippen molar-refractivity contribution in [3.8, 4) is 0 Å². The molecule has 100 valence electrons. The molecule has 3 unspecified atom stereocenters. The van der Waals surface area contributed by atoms with Gasteiger partial charge in [0.25, 0.3) is 0 Å². The van der Waals surface area contributed by atoms with Crippen molar-refractivity contribution in [3.05, 3.63) is 28.3 Å². The second-order valence-electron chi connectivity index (χ2n) is 5.99. The maximum Gasteiger partial charge on any atom is 0.228 e. The molecule has 1 heterocycles. The highest BCUT2D eigenvalue weighted by atomic mass is 79.9. The number of amides is 1. The number of fused-ring (bicyclic) bond motifs is 2. The second kappa shape index (κ2) is 4.23. The van der Waals surface area contributed by atoms with Gasteiger partial charge in [-0.25, -0.2) is 0 Å². The van der Waals surface area contributed by atoms with Crippen LogP contribution < -0.4 is 5.32 Å². The number of hydrogen-bond acceptors (Lipinski definition) is 1. The smallest absolute Gasteiger partial charge is 0.228 e. The van der Waals surface area contributed by atoms with E-state index in [0.717, 1.165) is 39.6 Å². The highest BCUT2D eigenvalue weighted by molar-refractivity contribution is 9.09. The van der Waals surface area contributed by atoms with Crippen LogP contribution >= 0.6 is 27.5 Å². The molecule has 0 radical (unpaired) electrons. The van der Waals surface area contributed by atoms with Crippen molar-refractivity contribution in [2.45, 2.75) is 30.5 Å². The van der Waals surface area contributed by atoms with Crippen molar-refractivity contribution in [2.75, 3.05) is 5.32 Å². The van der Waals surface area contributed by atoms with Gasteiger partial charge >= 0.3 is 0 Å². The quantitative estimate of drug-likeness (QED) is 0.798. The van der Waals surface area contributed by atoms with Gasteiger partial charge in [-0.05, 0) is 47.8 Å². The molecular weight excluding hydrogens is 326 g/mol. The molecule has 2 aliphatic carbocycles. The average Bonchev–Trinajstić information content (AvgIpc) is 2.72. The molecule has 1 aromatic carbocycles. The molecule has 2 fully saturated rings. The molecule has 0 saturated heterocycles. The Balaban J connectivity index is 1.65. The Bertz CT molecular complexity index is 564. The minimum atomic E-state index is 0.0673. The van der Waals surface area contributed by atoms with Gasteiger partial charge in [0.1, 0.15) is 0 Å². The molecule has 2 saturated carbocycles. The van der Waals surface area contributed by atoms with Crippen molar-refractivity contribution < 1.29 is 4.79 Å². The Kier molecular flexibility index (Phi) is 2.72. The zero-order valence-electron chi connectivity index (χ0n) is 10.5. The van der Waals surface area contributed by atoms with Crippen molar-refractivity contribution in [1.29, 1.82) is 0 Å². The summed E-state index contributed by atoms with van der Waals surface area (Å²) >= 11 is 10.3. The van der Waals surface area contributed by atoms with E-state index in [4.69, 9.17) is 11.6 Å². The lowest BCUT2D eigenvalue weighted by molar-refractivity contribution is -0.115. The van der Waals surface area contributed by atoms with Gasteiger partial charge in [-0.15, -0.1) is 0 Å². The van der Waals surface area contributed by atoms with Gasteiger partial charge in [-0.1, -0.05) is 40.0 Å². The van der Waals surface area contributed by atoms with Gasteiger partial charge in [0.15, 0.2) is 0 Å². The molecule has 0 bridgehead atoms. The van der Waals surface area contributed by atoms with Crippen LogP contribution in [0.4, 0.5) is 5.69 Å². The highest BCUT2D eigenvalue weighted by Gasteiger charge is 2.55. The number of alkyl halides is 1.